The highest BCUT2D eigenvalue weighted by atomic mass is 16.3. The molecule has 4 rings (SSSR count). The SMILES string of the molecule is CCCC(C)c1coc2cc(Nc3n[nH]c4cccnc34)ccc12. The number of aromatic nitrogens is 3. The van der Waals surface area contributed by atoms with Gasteiger partial charge in [-0.3, -0.25) is 10.1 Å². The Hall–Kier alpha value is -2.82. The molecule has 0 bridgehead atoms. The lowest BCUT2D eigenvalue weighted by Gasteiger charge is -2.08. The van der Waals surface area contributed by atoms with Crippen LogP contribution in [-0.2, 0) is 0 Å². The zero-order chi connectivity index (χ0) is 16.5. The Labute approximate surface area is 140 Å². The first kappa shape index (κ1) is 14.8. The van der Waals surface area contributed by atoms with Gasteiger partial charge in [-0.25, -0.2) is 0 Å². The molecule has 122 valence electrons. The van der Waals surface area contributed by atoms with E-state index in [0.29, 0.717) is 5.92 Å². The van der Waals surface area contributed by atoms with Crippen molar-refractivity contribution in [2.45, 2.75) is 32.6 Å². The van der Waals surface area contributed by atoms with Crippen LogP contribution < -0.4 is 5.32 Å². The molecular formula is C19H20N4O. The highest BCUT2D eigenvalue weighted by molar-refractivity contribution is 5.90. The molecule has 5 heteroatoms. The van der Waals surface area contributed by atoms with E-state index >= 15 is 0 Å². The van der Waals surface area contributed by atoms with Crippen LogP contribution in [0.25, 0.3) is 22.0 Å². The zero-order valence-corrected chi connectivity index (χ0v) is 13.8. The Kier molecular flexibility index (Phi) is 3.69. The Balaban J connectivity index is 1.66. The van der Waals surface area contributed by atoms with Crippen LogP contribution in [0.15, 0.2) is 47.2 Å². The largest absolute Gasteiger partial charge is 0.464 e. The first-order valence-electron chi connectivity index (χ1n) is 8.33. The van der Waals surface area contributed by atoms with Gasteiger partial charge < -0.3 is 9.73 Å². The highest BCUT2D eigenvalue weighted by Crippen LogP contribution is 2.32. The number of aromatic amines is 1. The van der Waals surface area contributed by atoms with E-state index in [2.05, 4.69) is 46.5 Å². The van der Waals surface area contributed by atoms with E-state index in [0.717, 1.165) is 28.1 Å². The molecule has 3 aromatic heterocycles. The highest BCUT2D eigenvalue weighted by Gasteiger charge is 2.13. The lowest BCUT2D eigenvalue weighted by Crippen LogP contribution is -1.93. The van der Waals surface area contributed by atoms with E-state index in [4.69, 9.17) is 4.42 Å². The van der Waals surface area contributed by atoms with E-state index in [1.165, 1.54) is 23.8 Å². The van der Waals surface area contributed by atoms with Crippen molar-refractivity contribution in [3.8, 4) is 0 Å². The van der Waals surface area contributed by atoms with E-state index < -0.39 is 0 Å². The van der Waals surface area contributed by atoms with Crippen molar-refractivity contribution < 1.29 is 4.42 Å². The smallest absolute Gasteiger partial charge is 0.178 e. The first-order chi connectivity index (χ1) is 11.8. The fourth-order valence-corrected chi connectivity index (χ4v) is 3.17. The van der Waals surface area contributed by atoms with Gasteiger partial charge in [0.2, 0.25) is 0 Å². The minimum absolute atomic E-state index is 0.509. The van der Waals surface area contributed by atoms with Crippen LogP contribution in [0.3, 0.4) is 0 Å². The summed E-state index contributed by atoms with van der Waals surface area (Å²) in [7, 11) is 0. The number of H-pyrrole nitrogens is 1. The second-order valence-corrected chi connectivity index (χ2v) is 6.19. The molecule has 1 unspecified atom stereocenters. The second kappa shape index (κ2) is 6.00. The summed E-state index contributed by atoms with van der Waals surface area (Å²) in [6.07, 6.45) is 5.99. The summed E-state index contributed by atoms with van der Waals surface area (Å²) >= 11 is 0. The molecule has 0 aliphatic carbocycles. The van der Waals surface area contributed by atoms with E-state index in [1.807, 2.05) is 24.5 Å². The molecule has 5 nitrogen and oxygen atoms in total. The Morgan fingerprint density at radius 2 is 2.21 bits per heavy atom. The molecule has 0 radical (unpaired) electrons. The van der Waals surface area contributed by atoms with Crippen LogP contribution in [0.2, 0.25) is 0 Å². The van der Waals surface area contributed by atoms with Gasteiger partial charge >= 0.3 is 0 Å². The molecule has 2 N–H and O–H groups in total. The van der Waals surface area contributed by atoms with Gasteiger partial charge in [-0.15, -0.1) is 0 Å². The quantitative estimate of drug-likeness (QED) is 0.520. The van der Waals surface area contributed by atoms with Crippen molar-refractivity contribution in [3.05, 3.63) is 48.4 Å². The molecule has 1 atom stereocenters. The maximum atomic E-state index is 5.78. The van der Waals surface area contributed by atoms with E-state index in [9.17, 15) is 0 Å². The van der Waals surface area contributed by atoms with Gasteiger partial charge in [0.1, 0.15) is 11.1 Å². The van der Waals surface area contributed by atoms with Gasteiger partial charge in [-0.1, -0.05) is 20.3 Å². The molecule has 24 heavy (non-hydrogen) atoms. The van der Waals surface area contributed by atoms with Crippen molar-refractivity contribution in [1.82, 2.24) is 15.2 Å². The minimum atomic E-state index is 0.509. The maximum absolute atomic E-state index is 5.78. The Morgan fingerprint density at radius 3 is 3.08 bits per heavy atom. The number of nitrogens with zero attached hydrogens (tertiary/aromatic N) is 2. The third kappa shape index (κ3) is 2.52. The molecule has 0 amide bonds. The van der Waals surface area contributed by atoms with Crippen LogP contribution >= 0.6 is 0 Å². The van der Waals surface area contributed by atoms with Crippen LogP contribution in [0.1, 0.15) is 38.2 Å². The summed E-state index contributed by atoms with van der Waals surface area (Å²) in [6, 6.07) is 10.0. The summed E-state index contributed by atoms with van der Waals surface area (Å²) in [5.74, 6) is 1.23. The van der Waals surface area contributed by atoms with E-state index in [1.54, 1.807) is 6.20 Å². The van der Waals surface area contributed by atoms with Gasteiger partial charge in [0.15, 0.2) is 5.82 Å². The number of anilines is 2. The van der Waals surface area contributed by atoms with Crippen molar-refractivity contribution in [1.29, 1.82) is 0 Å². The van der Waals surface area contributed by atoms with Gasteiger partial charge in [-0.05, 0) is 36.6 Å². The van der Waals surface area contributed by atoms with Gasteiger partial charge in [0.25, 0.3) is 0 Å². The number of furan rings is 1. The zero-order valence-electron chi connectivity index (χ0n) is 13.8. The van der Waals surface area contributed by atoms with Gasteiger partial charge in [0.05, 0.1) is 11.8 Å². The lowest BCUT2D eigenvalue weighted by atomic mass is 9.96. The number of pyridine rings is 1. The summed E-state index contributed by atoms with van der Waals surface area (Å²) in [5, 5.41) is 11.8. The fourth-order valence-electron chi connectivity index (χ4n) is 3.17. The summed E-state index contributed by atoms with van der Waals surface area (Å²) < 4.78 is 5.78. The first-order valence-corrected chi connectivity index (χ1v) is 8.33. The molecule has 0 spiro atoms. The number of hydrogen-bond donors (Lipinski definition) is 2. The van der Waals surface area contributed by atoms with Crippen molar-refractivity contribution in [2.24, 2.45) is 0 Å². The van der Waals surface area contributed by atoms with Crippen molar-refractivity contribution >= 4 is 33.5 Å². The number of fused-ring (bicyclic) bond motifs is 2. The topological polar surface area (TPSA) is 66.7 Å². The van der Waals surface area contributed by atoms with E-state index in [-0.39, 0.29) is 0 Å². The molecule has 0 aliphatic rings. The lowest BCUT2D eigenvalue weighted by molar-refractivity contribution is 0.593. The van der Waals surface area contributed by atoms with Crippen LogP contribution in [0, 0.1) is 0 Å². The number of rotatable bonds is 5. The average molecular weight is 320 g/mol. The standard InChI is InChI=1S/C19H20N4O/c1-3-5-12(2)15-11-24-17-10-13(7-8-14(15)17)21-19-18-16(22-23-19)6-4-9-20-18/h4,6-12H,3,5H2,1-2H3,(H2,21,22,23). The molecular weight excluding hydrogens is 300 g/mol. The average Bonchev–Trinajstić information content (AvgIpc) is 3.19. The normalized spacial score (nSPS) is 12.8. The molecule has 0 saturated heterocycles. The van der Waals surface area contributed by atoms with Crippen molar-refractivity contribution in [3.63, 3.8) is 0 Å². The third-order valence-electron chi connectivity index (χ3n) is 4.44. The number of benzene rings is 1. The summed E-state index contributed by atoms with van der Waals surface area (Å²) in [5.41, 5.74) is 4.85. The third-order valence-corrected chi connectivity index (χ3v) is 4.44. The summed E-state index contributed by atoms with van der Waals surface area (Å²) in [6.45, 7) is 4.46. The molecule has 0 aliphatic heterocycles. The maximum Gasteiger partial charge on any atom is 0.178 e. The predicted molar refractivity (Wildman–Crippen MR) is 96.7 cm³/mol. The minimum Gasteiger partial charge on any atom is -0.464 e. The second-order valence-electron chi connectivity index (χ2n) is 6.19. The van der Waals surface area contributed by atoms with Gasteiger partial charge in [0, 0.05) is 28.9 Å². The Bertz CT molecular complexity index is 985. The monoisotopic (exact) mass is 320 g/mol. The summed E-state index contributed by atoms with van der Waals surface area (Å²) in [4.78, 5) is 4.37. The van der Waals surface area contributed by atoms with Gasteiger partial charge in [-0.2, -0.15) is 5.10 Å². The fraction of sp³-hybridized carbons (Fsp3) is 0.263. The molecule has 1 aromatic carbocycles. The Morgan fingerprint density at radius 1 is 1.29 bits per heavy atom. The number of hydrogen-bond acceptors (Lipinski definition) is 4. The molecule has 0 fully saturated rings. The van der Waals surface area contributed by atoms with Crippen LogP contribution in [0.4, 0.5) is 11.5 Å². The molecule has 3 heterocycles. The predicted octanol–water partition coefficient (Wildman–Crippen LogP) is 5.35. The molecule has 4 aromatic rings. The van der Waals surface area contributed by atoms with Crippen molar-refractivity contribution in [2.75, 3.05) is 5.32 Å². The molecule has 0 saturated carbocycles. The number of nitrogens with one attached hydrogen (secondary N) is 2. The van der Waals surface area contributed by atoms with Crippen LogP contribution in [0.5, 0.6) is 0 Å². The van der Waals surface area contributed by atoms with Crippen LogP contribution in [-0.4, -0.2) is 15.2 Å².